The third-order valence-electron chi connectivity index (χ3n) is 3.59. The van der Waals surface area contributed by atoms with E-state index >= 15 is 0 Å². The molecule has 1 aromatic carbocycles. The average Bonchev–Trinajstić information content (AvgIpc) is 2.28. The van der Waals surface area contributed by atoms with Crippen LogP contribution in [0.4, 0.5) is 4.39 Å². The van der Waals surface area contributed by atoms with Gasteiger partial charge in [0, 0.05) is 17.6 Å². The van der Waals surface area contributed by atoms with E-state index in [1.54, 1.807) is 6.07 Å². The summed E-state index contributed by atoms with van der Waals surface area (Å²) in [7, 11) is 2.02. The molecule has 0 spiro atoms. The number of hydrogen-bond acceptors (Lipinski definition) is 2. The number of benzene rings is 1. The van der Waals surface area contributed by atoms with E-state index in [0.717, 1.165) is 12.0 Å². The predicted molar refractivity (Wildman–Crippen MR) is 73.3 cm³/mol. The average molecular weight is 251 g/mol. The monoisotopic (exact) mass is 251 g/mol. The van der Waals surface area contributed by atoms with Gasteiger partial charge in [0.2, 0.25) is 0 Å². The molecule has 0 heterocycles. The van der Waals surface area contributed by atoms with Crippen molar-refractivity contribution in [2.24, 2.45) is 5.73 Å². The third-order valence-corrected chi connectivity index (χ3v) is 3.59. The highest BCUT2D eigenvalue weighted by atomic mass is 19.1. The van der Waals surface area contributed by atoms with Crippen LogP contribution in [0.5, 0.6) is 0 Å². The Labute approximate surface area is 108 Å². The quantitative estimate of drug-likeness (QED) is 0.624. The van der Waals surface area contributed by atoms with Crippen molar-refractivity contribution in [1.82, 2.24) is 4.90 Å². The Bertz CT molecular complexity index is 441. The van der Waals surface area contributed by atoms with Crippen LogP contribution < -0.4 is 5.73 Å². The van der Waals surface area contributed by atoms with E-state index in [-0.39, 0.29) is 17.2 Å². The Morgan fingerprint density at radius 3 is 2.50 bits per heavy atom. The van der Waals surface area contributed by atoms with Gasteiger partial charge in [0.1, 0.15) is 11.7 Å². The standard InChI is InChI=1S/C14H22FN3/c1-5-14(2,3)18(4)9-10-6-11(13(16)17)8-12(15)7-10/h6-8H,5,9H2,1-4H3,(H3,16,17). The summed E-state index contributed by atoms with van der Waals surface area (Å²) < 4.78 is 13.4. The number of nitrogens with one attached hydrogen (secondary N) is 1. The Morgan fingerprint density at radius 1 is 1.39 bits per heavy atom. The molecule has 0 aliphatic carbocycles. The van der Waals surface area contributed by atoms with Gasteiger partial charge in [0.25, 0.3) is 0 Å². The molecule has 100 valence electrons. The lowest BCUT2D eigenvalue weighted by molar-refractivity contribution is 0.143. The molecule has 0 atom stereocenters. The Kier molecular flexibility index (Phi) is 4.46. The van der Waals surface area contributed by atoms with Crippen LogP contribution in [0, 0.1) is 11.2 Å². The second-order valence-corrected chi connectivity index (χ2v) is 5.28. The minimum Gasteiger partial charge on any atom is -0.384 e. The highest BCUT2D eigenvalue weighted by molar-refractivity contribution is 5.95. The zero-order valence-corrected chi connectivity index (χ0v) is 11.5. The minimum atomic E-state index is -0.347. The molecule has 0 aliphatic rings. The molecule has 1 aromatic rings. The molecule has 0 amide bonds. The number of amidine groups is 1. The fourth-order valence-electron chi connectivity index (χ4n) is 1.65. The van der Waals surface area contributed by atoms with Gasteiger partial charge >= 0.3 is 0 Å². The third kappa shape index (κ3) is 3.53. The highest BCUT2D eigenvalue weighted by Crippen LogP contribution is 2.20. The van der Waals surface area contributed by atoms with E-state index in [2.05, 4.69) is 25.7 Å². The molecule has 1 rings (SSSR count). The predicted octanol–water partition coefficient (Wildman–Crippen LogP) is 2.73. The number of nitrogens with zero attached hydrogens (tertiary/aromatic N) is 1. The fraction of sp³-hybridized carbons (Fsp3) is 0.500. The first kappa shape index (κ1) is 14.6. The molecule has 0 fully saturated rings. The molecule has 0 unspecified atom stereocenters. The number of rotatable bonds is 5. The highest BCUT2D eigenvalue weighted by Gasteiger charge is 2.21. The van der Waals surface area contributed by atoms with Crippen molar-refractivity contribution in [3.05, 3.63) is 35.1 Å². The van der Waals surface area contributed by atoms with Gasteiger partial charge in [-0.1, -0.05) is 6.92 Å². The summed E-state index contributed by atoms with van der Waals surface area (Å²) in [6.45, 7) is 7.07. The van der Waals surface area contributed by atoms with Crippen LogP contribution in [0.3, 0.4) is 0 Å². The van der Waals surface area contributed by atoms with Gasteiger partial charge in [-0.15, -0.1) is 0 Å². The summed E-state index contributed by atoms with van der Waals surface area (Å²) in [5, 5.41) is 7.37. The molecule has 0 aromatic heterocycles. The largest absolute Gasteiger partial charge is 0.384 e. The summed E-state index contributed by atoms with van der Waals surface area (Å²) >= 11 is 0. The van der Waals surface area contributed by atoms with E-state index < -0.39 is 0 Å². The zero-order chi connectivity index (χ0) is 13.9. The van der Waals surface area contributed by atoms with Gasteiger partial charge in [0.05, 0.1) is 0 Å². The van der Waals surface area contributed by atoms with Gasteiger partial charge in [-0.05, 0) is 51.1 Å². The lowest BCUT2D eigenvalue weighted by atomic mass is 9.99. The van der Waals surface area contributed by atoms with Crippen molar-refractivity contribution in [3.8, 4) is 0 Å². The number of nitrogen functional groups attached to an aromatic ring is 1. The topological polar surface area (TPSA) is 53.1 Å². The molecule has 3 nitrogen and oxygen atoms in total. The first-order valence-electron chi connectivity index (χ1n) is 6.11. The summed E-state index contributed by atoms with van der Waals surface area (Å²) in [5.74, 6) is -0.450. The summed E-state index contributed by atoms with van der Waals surface area (Å²) in [5.41, 5.74) is 6.73. The molecule has 18 heavy (non-hydrogen) atoms. The number of hydrogen-bond donors (Lipinski definition) is 2. The molecule has 3 N–H and O–H groups in total. The maximum Gasteiger partial charge on any atom is 0.124 e. The molecular formula is C14H22FN3. The molecule has 4 heteroatoms. The van der Waals surface area contributed by atoms with Gasteiger partial charge in [-0.25, -0.2) is 4.39 Å². The van der Waals surface area contributed by atoms with Crippen LogP contribution in [-0.4, -0.2) is 23.3 Å². The Hall–Kier alpha value is -1.42. The second-order valence-electron chi connectivity index (χ2n) is 5.28. The SMILES string of the molecule is CCC(C)(C)N(C)Cc1cc(F)cc(C(=N)N)c1. The van der Waals surface area contributed by atoms with Crippen LogP contribution in [0.2, 0.25) is 0 Å². The van der Waals surface area contributed by atoms with E-state index in [4.69, 9.17) is 11.1 Å². The fourth-order valence-corrected chi connectivity index (χ4v) is 1.65. The smallest absolute Gasteiger partial charge is 0.124 e. The van der Waals surface area contributed by atoms with Crippen molar-refractivity contribution in [2.45, 2.75) is 39.3 Å². The summed E-state index contributed by atoms with van der Waals surface area (Å²) in [6.07, 6.45) is 1.01. The van der Waals surface area contributed by atoms with Gasteiger partial charge in [0.15, 0.2) is 0 Å². The van der Waals surface area contributed by atoms with Crippen LogP contribution in [0.15, 0.2) is 18.2 Å². The van der Waals surface area contributed by atoms with Gasteiger partial charge in [-0.3, -0.25) is 10.3 Å². The van der Waals surface area contributed by atoms with Crippen LogP contribution in [0.1, 0.15) is 38.3 Å². The van der Waals surface area contributed by atoms with E-state index in [1.807, 2.05) is 7.05 Å². The molecule has 0 radical (unpaired) electrons. The van der Waals surface area contributed by atoms with Crippen molar-refractivity contribution < 1.29 is 4.39 Å². The maximum absolute atomic E-state index is 13.4. The van der Waals surface area contributed by atoms with Crippen molar-refractivity contribution in [3.63, 3.8) is 0 Å². The summed E-state index contributed by atoms with van der Waals surface area (Å²) in [6, 6.07) is 4.55. The van der Waals surface area contributed by atoms with Gasteiger partial charge in [-0.2, -0.15) is 0 Å². The van der Waals surface area contributed by atoms with Crippen molar-refractivity contribution in [1.29, 1.82) is 5.41 Å². The lowest BCUT2D eigenvalue weighted by Gasteiger charge is -2.35. The van der Waals surface area contributed by atoms with Crippen molar-refractivity contribution in [2.75, 3.05) is 7.05 Å². The summed E-state index contributed by atoms with van der Waals surface area (Å²) in [4.78, 5) is 2.17. The molecule has 0 saturated heterocycles. The Balaban J connectivity index is 2.94. The van der Waals surface area contributed by atoms with Crippen LogP contribution in [-0.2, 0) is 6.54 Å². The lowest BCUT2D eigenvalue weighted by Crippen LogP contribution is -2.39. The van der Waals surface area contributed by atoms with Crippen LogP contribution in [0.25, 0.3) is 0 Å². The van der Waals surface area contributed by atoms with E-state index in [9.17, 15) is 4.39 Å². The number of nitrogens with two attached hydrogens (primary N) is 1. The molecule has 0 saturated carbocycles. The van der Waals surface area contributed by atoms with Crippen molar-refractivity contribution >= 4 is 5.84 Å². The van der Waals surface area contributed by atoms with Gasteiger partial charge < -0.3 is 5.73 Å². The normalized spacial score (nSPS) is 11.9. The maximum atomic E-state index is 13.4. The zero-order valence-electron chi connectivity index (χ0n) is 11.5. The first-order chi connectivity index (χ1) is 8.26. The molecule has 0 aliphatic heterocycles. The van der Waals surface area contributed by atoms with E-state index in [0.29, 0.717) is 12.1 Å². The van der Waals surface area contributed by atoms with E-state index in [1.165, 1.54) is 12.1 Å². The molecular weight excluding hydrogens is 229 g/mol. The minimum absolute atomic E-state index is 0.0582. The molecule has 0 bridgehead atoms. The number of halogens is 1. The first-order valence-corrected chi connectivity index (χ1v) is 6.11. The second kappa shape index (κ2) is 5.48. The Morgan fingerprint density at radius 2 is 2.00 bits per heavy atom. The van der Waals surface area contributed by atoms with Crippen LogP contribution >= 0.6 is 0 Å².